The molecule has 0 saturated carbocycles. The number of nitrogens with two attached hydrogens (primary N) is 1. The average molecular weight is 285 g/mol. The summed E-state index contributed by atoms with van der Waals surface area (Å²) in [5.41, 5.74) is 5.20. The zero-order valence-electron chi connectivity index (χ0n) is 10.7. The lowest BCUT2D eigenvalue weighted by molar-refractivity contribution is -0.118. The molecule has 0 aromatic carbocycles. The zero-order chi connectivity index (χ0) is 14.3. The Labute approximate surface area is 116 Å². The van der Waals surface area contributed by atoms with E-state index in [1.54, 1.807) is 19.2 Å². The van der Waals surface area contributed by atoms with Crippen LogP contribution in [0.4, 0.5) is 5.82 Å². The van der Waals surface area contributed by atoms with Crippen LogP contribution in [0.15, 0.2) is 12.1 Å². The first-order valence-corrected chi connectivity index (χ1v) is 6.33. The van der Waals surface area contributed by atoms with Crippen LogP contribution in [0.25, 0.3) is 0 Å². The van der Waals surface area contributed by atoms with Crippen molar-refractivity contribution in [2.45, 2.75) is 19.3 Å². The molecule has 1 rings (SSSR count). The fourth-order valence-corrected chi connectivity index (χ4v) is 1.64. The van der Waals surface area contributed by atoms with E-state index in [1.165, 1.54) is 0 Å². The van der Waals surface area contributed by atoms with Crippen LogP contribution in [-0.4, -0.2) is 30.4 Å². The van der Waals surface area contributed by atoms with E-state index in [1.807, 2.05) is 0 Å². The van der Waals surface area contributed by atoms with E-state index in [-0.39, 0.29) is 17.5 Å². The first-order valence-electron chi connectivity index (χ1n) is 5.95. The standard InChI is InChI=1S/C12H17ClN4O2/c1-15-10-6-5-8(13)11(17-10)12(19)16-7-3-2-4-9(14)18/h5-6H,2-4,7H2,1H3,(H2,14,18)(H,15,17)(H,16,19). The molecule has 7 heteroatoms. The molecule has 104 valence electrons. The van der Waals surface area contributed by atoms with E-state index in [2.05, 4.69) is 15.6 Å². The highest BCUT2D eigenvalue weighted by atomic mass is 35.5. The van der Waals surface area contributed by atoms with Gasteiger partial charge in [0, 0.05) is 20.0 Å². The van der Waals surface area contributed by atoms with Crippen molar-refractivity contribution in [1.82, 2.24) is 10.3 Å². The molecule has 0 saturated heterocycles. The molecule has 0 atom stereocenters. The van der Waals surface area contributed by atoms with Crippen molar-refractivity contribution in [3.63, 3.8) is 0 Å². The minimum Gasteiger partial charge on any atom is -0.373 e. The number of hydrogen-bond donors (Lipinski definition) is 3. The van der Waals surface area contributed by atoms with Gasteiger partial charge in [-0.2, -0.15) is 0 Å². The summed E-state index contributed by atoms with van der Waals surface area (Å²) in [5.74, 6) is -0.0952. The Morgan fingerprint density at radius 2 is 2.11 bits per heavy atom. The molecule has 0 aliphatic rings. The van der Waals surface area contributed by atoms with Crippen LogP contribution in [0.1, 0.15) is 29.8 Å². The molecule has 0 radical (unpaired) electrons. The van der Waals surface area contributed by atoms with Gasteiger partial charge in [0.15, 0.2) is 0 Å². The number of carbonyl (C=O) groups is 2. The monoisotopic (exact) mass is 284 g/mol. The highest BCUT2D eigenvalue weighted by Gasteiger charge is 2.12. The van der Waals surface area contributed by atoms with Gasteiger partial charge in [-0.05, 0) is 25.0 Å². The summed E-state index contributed by atoms with van der Waals surface area (Å²) < 4.78 is 0. The summed E-state index contributed by atoms with van der Waals surface area (Å²) >= 11 is 5.92. The molecule has 4 N–H and O–H groups in total. The normalized spacial score (nSPS) is 10.0. The molecule has 0 aliphatic heterocycles. The summed E-state index contributed by atoms with van der Waals surface area (Å²) in [7, 11) is 1.71. The lowest BCUT2D eigenvalue weighted by Crippen LogP contribution is -2.26. The van der Waals surface area contributed by atoms with Crippen LogP contribution >= 0.6 is 11.6 Å². The SMILES string of the molecule is CNc1ccc(Cl)c(C(=O)NCCCCC(N)=O)n1. The number of primary amides is 1. The Morgan fingerprint density at radius 1 is 1.37 bits per heavy atom. The number of pyridine rings is 1. The second-order valence-corrected chi connectivity index (χ2v) is 4.36. The Kier molecular flexibility index (Phi) is 6.08. The van der Waals surface area contributed by atoms with Crippen LogP contribution in [0.2, 0.25) is 5.02 Å². The number of rotatable bonds is 7. The van der Waals surface area contributed by atoms with Crippen LogP contribution < -0.4 is 16.4 Å². The lowest BCUT2D eigenvalue weighted by atomic mass is 10.2. The first kappa shape index (κ1) is 15.2. The van der Waals surface area contributed by atoms with Gasteiger partial charge in [-0.1, -0.05) is 11.6 Å². The minimum absolute atomic E-state index is 0.184. The number of hydrogen-bond acceptors (Lipinski definition) is 4. The molecule has 19 heavy (non-hydrogen) atoms. The summed E-state index contributed by atoms with van der Waals surface area (Å²) in [6.07, 6.45) is 1.65. The van der Waals surface area contributed by atoms with E-state index in [4.69, 9.17) is 17.3 Å². The van der Waals surface area contributed by atoms with Gasteiger partial charge in [0.05, 0.1) is 5.02 Å². The Morgan fingerprint density at radius 3 is 2.74 bits per heavy atom. The predicted octanol–water partition coefficient (Wildman–Crippen LogP) is 1.16. The molecule has 0 bridgehead atoms. The number of anilines is 1. The third-order valence-electron chi connectivity index (χ3n) is 2.45. The van der Waals surface area contributed by atoms with Gasteiger partial charge in [-0.15, -0.1) is 0 Å². The number of halogens is 1. The van der Waals surface area contributed by atoms with Gasteiger partial charge < -0.3 is 16.4 Å². The van der Waals surface area contributed by atoms with Crippen molar-refractivity contribution < 1.29 is 9.59 Å². The van der Waals surface area contributed by atoms with Crippen molar-refractivity contribution in [2.24, 2.45) is 5.73 Å². The number of nitrogens with one attached hydrogen (secondary N) is 2. The van der Waals surface area contributed by atoms with Crippen molar-refractivity contribution in [1.29, 1.82) is 0 Å². The van der Waals surface area contributed by atoms with Crippen LogP contribution in [0.3, 0.4) is 0 Å². The molecule has 6 nitrogen and oxygen atoms in total. The number of nitrogens with zero attached hydrogens (tertiary/aromatic N) is 1. The number of amides is 2. The molecular formula is C12H17ClN4O2. The smallest absolute Gasteiger partial charge is 0.271 e. The highest BCUT2D eigenvalue weighted by molar-refractivity contribution is 6.33. The Balaban J connectivity index is 2.47. The van der Waals surface area contributed by atoms with Crippen molar-refractivity contribution in [3.05, 3.63) is 22.8 Å². The topological polar surface area (TPSA) is 97.1 Å². The molecular weight excluding hydrogens is 268 g/mol. The van der Waals surface area contributed by atoms with Gasteiger partial charge in [0.1, 0.15) is 11.5 Å². The summed E-state index contributed by atoms with van der Waals surface area (Å²) in [4.78, 5) is 26.5. The largest absolute Gasteiger partial charge is 0.373 e. The fraction of sp³-hybridized carbons (Fsp3) is 0.417. The van der Waals surface area contributed by atoms with Gasteiger partial charge in [-0.25, -0.2) is 4.98 Å². The molecule has 0 fully saturated rings. The van der Waals surface area contributed by atoms with Crippen molar-refractivity contribution in [3.8, 4) is 0 Å². The lowest BCUT2D eigenvalue weighted by Gasteiger charge is -2.07. The summed E-state index contributed by atoms with van der Waals surface area (Å²) in [5, 5.41) is 5.84. The van der Waals surface area contributed by atoms with E-state index in [0.717, 1.165) is 0 Å². The van der Waals surface area contributed by atoms with Crippen LogP contribution in [0, 0.1) is 0 Å². The summed E-state index contributed by atoms with van der Waals surface area (Å²) in [6, 6.07) is 3.30. The molecule has 2 amide bonds. The zero-order valence-corrected chi connectivity index (χ0v) is 11.5. The number of unbranched alkanes of at least 4 members (excludes halogenated alkanes) is 1. The van der Waals surface area contributed by atoms with E-state index >= 15 is 0 Å². The van der Waals surface area contributed by atoms with Crippen molar-refractivity contribution in [2.75, 3.05) is 18.9 Å². The molecule has 1 heterocycles. The second-order valence-electron chi connectivity index (χ2n) is 3.96. The maximum Gasteiger partial charge on any atom is 0.271 e. The quantitative estimate of drug-likeness (QED) is 0.655. The Bertz CT molecular complexity index is 465. The predicted molar refractivity (Wildman–Crippen MR) is 74.2 cm³/mol. The Hall–Kier alpha value is -1.82. The van der Waals surface area contributed by atoms with E-state index < -0.39 is 0 Å². The molecule has 0 aliphatic carbocycles. The second kappa shape index (κ2) is 7.58. The third kappa shape index (κ3) is 5.13. The third-order valence-corrected chi connectivity index (χ3v) is 2.76. The van der Waals surface area contributed by atoms with Crippen molar-refractivity contribution >= 4 is 29.2 Å². The van der Waals surface area contributed by atoms with Gasteiger partial charge in [0.2, 0.25) is 5.91 Å². The molecule has 0 spiro atoms. The molecule has 1 aromatic heterocycles. The minimum atomic E-state index is -0.335. The van der Waals surface area contributed by atoms with Gasteiger partial charge in [0.25, 0.3) is 5.91 Å². The van der Waals surface area contributed by atoms with E-state index in [0.29, 0.717) is 36.6 Å². The summed E-state index contributed by atoms with van der Waals surface area (Å²) in [6.45, 7) is 0.452. The van der Waals surface area contributed by atoms with Crippen LogP contribution in [-0.2, 0) is 4.79 Å². The maximum atomic E-state index is 11.9. The molecule has 1 aromatic rings. The highest BCUT2D eigenvalue weighted by Crippen LogP contribution is 2.16. The van der Waals surface area contributed by atoms with Gasteiger partial charge >= 0.3 is 0 Å². The fourth-order valence-electron chi connectivity index (χ4n) is 1.45. The first-order chi connectivity index (χ1) is 9.04. The van der Waals surface area contributed by atoms with Crippen LogP contribution in [0.5, 0.6) is 0 Å². The number of carbonyl (C=O) groups excluding carboxylic acids is 2. The maximum absolute atomic E-state index is 11.9. The van der Waals surface area contributed by atoms with E-state index in [9.17, 15) is 9.59 Å². The van der Waals surface area contributed by atoms with Gasteiger partial charge in [-0.3, -0.25) is 9.59 Å². The molecule has 0 unspecified atom stereocenters. The number of aromatic nitrogens is 1. The average Bonchev–Trinajstić information content (AvgIpc) is 2.38.